The van der Waals surface area contributed by atoms with Crippen LogP contribution in [-0.2, 0) is 4.79 Å². The molecule has 7 nitrogen and oxygen atoms in total. The maximum Gasteiger partial charge on any atom is 0.220 e. The summed E-state index contributed by atoms with van der Waals surface area (Å²) in [4.78, 5) is 24.2. The zero-order valence-corrected chi connectivity index (χ0v) is 14.3. The lowest BCUT2D eigenvalue weighted by Crippen LogP contribution is -2.29. The minimum Gasteiger partial charge on any atom is -0.368 e. The summed E-state index contributed by atoms with van der Waals surface area (Å²) >= 11 is 0. The molecule has 2 heterocycles. The number of hydrogen-bond donors (Lipinski definition) is 3. The van der Waals surface area contributed by atoms with E-state index >= 15 is 0 Å². The van der Waals surface area contributed by atoms with Crippen molar-refractivity contribution in [3.63, 3.8) is 0 Å². The fraction of sp³-hybridized carbons (Fsp3) is 0.412. The van der Waals surface area contributed by atoms with Crippen LogP contribution in [-0.4, -0.2) is 33.9 Å². The quantitative estimate of drug-likeness (QED) is 0.645. The molecule has 7 heteroatoms. The van der Waals surface area contributed by atoms with E-state index < -0.39 is 0 Å². The Morgan fingerprint density at radius 2 is 1.83 bits per heavy atom. The molecular weight excluding hydrogens is 304 g/mol. The summed E-state index contributed by atoms with van der Waals surface area (Å²) in [7, 11) is 0. The van der Waals surface area contributed by atoms with Gasteiger partial charge in [0.25, 0.3) is 0 Å². The molecule has 24 heavy (non-hydrogen) atoms. The van der Waals surface area contributed by atoms with Gasteiger partial charge in [0.1, 0.15) is 23.8 Å². The average molecular weight is 328 g/mol. The fourth-order valence-electron chi connectivity index (χ4n) is 2.09. The standard InChI is InChI=1S/C17H24N6O/c1-12(2)8-17(24)20-7-6-19-14-10-16(22-11-21-14)23-15-9-13(3)4-5-18-15/h4-5,9-12H,6-8H2,1-3H3,(H,20,24)(H2,18,19,21,22,23). The second kappa shape index (κ2) is 8.81. The van der Waals surface area contributed by atoms with Crippen LogP contribution in [0.15, 0.2) is 30.7 Å². The number of amides is 1. The summed E-state index contributed by atoms with van der Waals surface area (Å²) in [5, 5.41) is 9.18. The van der Waals surface area contributed by atoms with E-state index in [1.165, 1.54) is 6.33 Å². The number of aromatic nitrogens is 3. The Morgan fingerprint density at radius 1 is 1.08 bits per heavy atom. The average Bonchev–Trinajstić information content (AvgIpc) is 2.51. The van der Waals surface area contributed by atoms with E-state index in [-0.39, 0.29) is 5.91 Å². The molecule has 1 amide bonds. The van der Waals surface area contributed by atoms with Crippen LogP contribution < -0.4 is 16.0 Å². The van der Waals surface area contributed by atoms with Crippen LogP contribution in [0.5, 0.6) is 0 Å². The summed E-state index contributed by atoms with van der Waals surface area (Å²) in [5.74, 6) is 2.53. The van der Waals surface area contributed by atoms with E-state index in [2.05, 4.69) is 30.9 Å². The molecule has 2 rings (SSSR count). The minimum absolute atomic E-state index is 0.0716. The van der Waals surface area contributed by atoms with Crippen LogP contribution in [0.25, 0.3) is 0 Å². The van der Waals surface area contributed by atoms with Gasteiger partial charge >= 0.3 is 0 Å². The zero-order chi connectivity index (χ0) is 17.4. The van der Waals surface area contributed by atoms with Crippen LogP contribution >= 0.6 is 0 Å². The van der Waals surface area contributed by atoms with Crippen molar-refractivity contribution in [1.82, 2.24) is 20.3 Å². The van der Waals surface area contributed by atoms with Crippen LogP contribution in [0.4, 0.5) is 17.5 Å². The van der Waals surface area contributed by atoms with Gasteiger partial charge in [0, 0.05) is 31.8 Å². The maximum atomic E-state index is 11.6. The number of aryl methyl sites for hydroxylation is 1. The van der Waals surface area contributed by atoms with Gasteiger partial charge in [-0.3, -0.25) is 4.79 Å². The minimum atomic E-state index is 0.0716. The molecule has 0 saturated carbocycles. The Labute approximate surface area is 142 Å². The molecule has 0 unspecified atom stereocenters. The number of hydrogen-bond acceptors (Lipinski definition) is 6. The molecule has 0 radical (unpaired) electrons. The molecule has 128 valence electrons. The lowest BCUT2D eigenvalue weighted by atomic mass is 10.1. The molecule has 0 fully saturated rings. The SMILES string of the molecule is Cc1ccnc(Nc2cc(NCCNC(=O)CC(C)C)ncn2)c1. The first-order valence-corrected chi connectivity index (χ1v) is 8.05. The fourth-order valence-corrected chi connectivity index (χ4v) is 2.09. The smallest absolute Gasteiger partial charge is 0.220 e. The van der Waals surface area contributed by atoms with E-state index in [9.17, 15) is 4.79 Å². The van der Waals surface area contributed by atoms with Gasteiger partial charge < -0.3 is 16.0 Å². The van der Waals surface area contributed by atoms with Gasteiger partial charge in [0.2, 0.25) is 5.91 Å². The predicted octanol–water partition coefficient (Wildman–Crippen LogP) is 2.50. The number of pyridine rings is 1. The highest BCUT2D eigenvalue weighted by Crippen LogP contribution is 2.14. The lowest BCUT2D eigenvalue weighted by molar-refractivity contribution is -0.121. The monoisotopic (exact) mass is 328 g/mol. The van der Waals surface area contributed by atoms with Crippen LogP contribution in [0.1, 0.15) is 25.8 Å². The number of carbonyl (C=O) groups is 1. The Kier molecular flexibility index (Phi) is 6.48. The molecule has 0 bridgehead atoms. The summed E-state index contributed by atoms with van der Waals surface area (Å²) in [6.07, 6.45) is 3.78. The van der Waals surface area contributed by atoms with Gasteiger partial charge in [-0.25, -0.2) is 15.0 Å². The molecule has 0 aliphatic carbocycles. The summed E-state index contributed by atoms with van der Waals surface area (Å²) in [6.45, 7) is 7.21. The van der Waals surface area contributed by atoms with E-state index in [1.54, 1.807) is 12.3 Å². The maximum absolute atomic E-state index is 11.6. The summed E-state index contributed by atoms with van der Waals surface area (Å²) < 4.78 is 0. The van der Waals surface area contributed by atoms with Gasteiger partial charge in [-0.05, 0) is 30.5 Å². The van der Waals surface area contributed by atoms with Crippen molar-refractivity contribution < 1.29 is 4.79 Å². The highest BCUT2D eigenvalue weighted by molar-refractivity contribution is 5.76. The molecule has 2 aromatic heterocycles. The molecule has 3 N–H and O–H groups in total. The van der Waals surface area contributed by atoms with Gasteiger partial charge in [-0.2, -0.15) is 0 Å². The third-order valence-corrected chi connectivity index (χ3v) is 3.19. The zero-order valence-electron chi connectivity index (χ0n) is 14.3. The topological polar surface area (TPSA) is 91.8 Å². The first kappa shape index (κ1) is 17.7. The molecule has 0 spiro atoms. The van der Waals surface area contributed by atoms with Gasteiger partial charge in [-0.15, -0.1) is 0 Å². The first-order chi connectivity index (χ1) is 11.5. The van der Waals surface area contributed by atoms with E-state index in [0.29, 0.717) is 37.1 Å². The number of anilines is 3. The van der Waals surface area contributed by atoms with Crippen molar-refractivity contribution in [3.8, 4) is 0 Å². The number of nitrogens with zero attached hydrogens (tertiary/aromatic N) is 3. The van der Waals surface area contributed by atoms with Crippen LogP contribution in [0.3, 0.4) is 0 Å². The van der Waals surface area contributed by atoms with Crippen LogP contribution in [0, 0.1) is 12.8 Å². The van der Waals surface area contributed by atoms with Gasteiger partial charge in [0.05, 0.1) is 0 Å². The number of nitrogens with one attached hydrogen (secondary N) is 3. The highest BCUT2D eigenvalue weighted by atomic mass is 16.1. The molecular formula is C17H24N6O. The molecule has 0 atom stereocenters. The number of rotatable bonds is 8. The summed E-state index contributed by atoms with van der Waals surface area (Å²) in [6, 6.07) is 5.69. The van der Waals surface area contributed by atoms with Crippen molar-refractivity contribution in [2.75, 3.05) is 23.7 Å². The second-order valence-corrected chi connectivity index (χ2v) is 6.01. The third-order valence-electron chi connectivity index (χ3n) is 3.19. The van der Waals surface area contributed by atoms with E-state index in [0.717, 1.165) is 11.4 Å². The molecule has 0 saturated heterocycles. The lowest BCUT2D eigenvalue weighted by Gasteiger charge is -2.10. The first-order valence-electron chi connectivity index (χ1n) is 8.05. The molecule has 0 aliphatic rings. The molecule has 0 aromatic carbocycles. The Balaban J connectivity index is 1.81. The van der Waals surface area contributed by atoms with Gasteiger partial charge in [-0.1, -0.05) is 13.8 Å². The Hall–Kier alpha value is -2.70. The van der Waals surface area contributed by atoms with Crippen molar-refractivity contribution >= 4 is 23.4 Å². The van der Waals surface area contributed by atoms with E-state index in [4.69, 9.17) is 0 Å². The second-order valence-electron chi connectivity index (χ2n) is 6.01. The normalized spacial score (nSPS) is 10.5. The van der Waals surface area contributed by atoms with E-state index in [1.807, 2.05) is 32.9 Å². The van der Waals surface area contributed by atoms with Crippen molar-refractivity contribution in [3.05, 3.63) is 36.3 Å². The number of carbonyl (C=O) groups excluding carboxylic acids is 1. The summed E-state index contributed by atoms with van der Waals surface area (Å²) in [5.41, 5.74) is 1.12. The molecule has 2 aromatic rings. The molecule has 0 aliphatic heterocycles. The van der Waals surface area contributed by atoms with Crippen molar-refractivity contribution in [2.45, 2.75) is 27.2 Å². The largest absolute Gasteiger partial charge is 0.368 e. The highest BCUT2D eigenvalue weighted by Gasteiger charge is 2.04. The predicted molar refractivity (Wildman–Crippen MR) is 95.2 cm³/mol. The van der Waals surface area contributed by atoms with Crippen molar-refractivity contribution in [2.24, 2.45) is 5.92 Å². The van der Waals surface area contributed by atoms with Gasteiger partial charge in [0.15, 0.2) is 0 Å². The Bertz CT molecular complexity index is 674. The third kappa shape index (κ3) is 6.20. The van der Waals surface area contributed by atoms with Crippen molar-refractivity contribution in [1.29, 1.82) is 0 Å². The van der Waals surface area contributed by atoms with Crippen LogP contribution in [0.2, 0.25) is 0 Å². The Morgan fingerprint density at radius 3 is 2.58 bits per heavy atom.